The summed E-state index contributed by atoms with van der Waals surface area (Å²) in [5.41, 5.74) is 2.80. The van der Waals surface area contributed by atoms with Crippen LogP contribution in [0.3, 0.4) is 0 Å². The number of anilines is 1. The highest BCUT2D eigenvalue weighted by atomic mass is 35.5. The lowest BCUT2D eigenvalue weighted by Gasteiger charge is -2.34. The molecule has 0 saturated carbocycles. The molecule has 9 heteroatoms. The number of carbonyl (C=O) groups excluding carboxylic acids is 2. The summed E-state index contributed by atoms with van der Waals surface area (Å²) < 4.78 is 29.0. The van der Waals surface area contributed by atoms with Crippen LogP contribution < -0.4 is 9.62 Å². The molecule has 0 spiro atoms. The Morgan fingerprint density at radius 1 is 0.900 bits per heavy atom. The van der Waals surface area contributed by atoms with Crippen LogP contribution in [0.4, 0.5) is 5.69 Å². The fraction of sp³-hybridized carbons (Fsp3) is 0.355. The summed E-state index contributed by atoms with van der Waals surface area (Å²) in [5, 5.41) is 3.45. The first-order chi connectivity index (χ1) is 19.0. The molecule has 3 aromatic rings. The molecule has 214 valence electrons. The Morgan fingerprint density at radius 2 is 1.55 bits per heavy atom. The second-order valence-electron chi connectivity index (χ2n) is 9.95. The minimum Gasteiger partial charge on any atom is -0.352 e. The van der Waals surface area contributed by atoms with E-state index in [4.69, 9.17) is 11.6 Å². The number of hydrogen-bond donors (Lipinski definition) is 1. The van der Waals surface area contributed by atoms with E-state index in [9.17, 15) is 18.0 Å². The zero-order valence-corrected chi connectivity index (χ0v) is 25.3. The number of aryl methyl sites for hydroxylation is 2. The van der Waals surface area contributed by atoms with Crippen LogP contribution in [0, 0.1) is 13.8 Å². The van der Waals surface area contributed by atoms with Crippen molar-refractivity contribution in [1.82, 2.24) is 10.2 Å². The first-order valence-electron chi connectivity index (χ1n) is 13.5. The first-order valence-corrected chi connectivity index (χ1v) is 15.3. The number of halogens is 1. The van der Waals surface area contributed by atoms with E-state index in [-0.39, 0.29) is 23.4 Å². The highest BCUT2D eigenvalue weighted by Gasteiger charge is 2.34. The second-order valence-corrected chi connectivity index (χ2v) is 12.2. The molecule has 0 fully saturated rings. The van der Waals surface area contributed by atoms with Gasteiger partial charge in [0.2, 0.25) is 11.8 Å². The molecule has 3 rings (SSSR count). The van der Waals surface area contributed by atoms with Gasteiger partial charge in [0.15, 0.2) is 0 Å². The quantitative estimate of drug-likeness (QED) is 0.289. The lowest BCUT2D eigenvalue weighted by molar-refractivity contribution is -0.140. The van der Waals surface area contributed by atoms with Crippen molar-refractivity contribution in [2.45, 2.75) is 71.0 Å². The second kappa shape index (κ2) is 13.8. The minimum absolute atomic E-state index is 0.0594. The molecular weight excluding hydrogens is 546 g/mol. The number of carbonyl (C=O) groups is 2. The number of rotatable bonds is 12. The van der Waals surface area contributed by atoms with Crippen LogP contribution >= 0.6 is 11.6 Å². The Hall–Kier alpha value is -3.36. The Labute approximate surface area is 243 Å². The summed E-state index contributed by atoms with van der Waals surface area (Å²) >= 11 is 6.18. The molecule has 0 aliphatic heterocycles. The molecule has 0 aromatic heterocycles. The highest BCUT2D eigenvalue weighted by molar-refractivity contribution is 7.92. The fourth-order valence-corrected chi connectivity index (χ4v) is 6.19. The maximum absolute atomic E-state index is 14.2. The van der Waals surface area contributed by atoms with Crippen LogP contribution in [0.2, 0.25) is 5.02 Å². The number of nitrogens with zero attached hydrogens (tertiary/aromatic N) is 2. The van der Waals surface area contributed by atoms with E-state index in [1.54, 1.807) is 43.3 Å². The molecule has 2 amide bonds. The third kappa shape index (κ3) is 7.43. The fourth-order valence-electron chi connectivity index (χ4n) is 4.46. The molecule has 0 unspecified atom stereocenters. The van der Waals surface area contributed by atoms with Crippen molar-refractivity contribution in [1.29, 1.82) is 0 Å². The van der Waals surface area contributed by atoms with Crippen molar-refractivity contribution >= 4 is 39.1 Å². The van der Waals surface area contributed by atoms with E-state index in [0.29, 0.717) is 22.7 Å². The van der Waals surface area contributed by atoms with Gasteiger partial charge in [0.25, 0.3) is 10.0 Å². The minimum atomic E-state index is -4.13. The zero-order valence-electron chi connectivity index (χ0n) is 23.7. The van der Waals surface area contributed by atoms with Crippen LogP contribution in [0.5, 0.6) is 0 Å². The van der Waals surface area contributed by atoms with Gasteiger partial charge in [-0.05, 0) is 80.6 Å². The van der Waals surface area contributed by atoms with Gasteiger partial charge >= 0.3 is 0 Å². The Bertz CT molecular complexity index is 1430. The van der Waals surface area contributed by atoms with Crippen molar-refractivity contribution in [3.05, 3.63) is 94.5 Å². The topological polar surface area (TPSA) is 86.8 Å². The van der Waals surface area contributed by atoms with Gasteiger partial charge in [-0.15, -0.1) is 0 Å². The number of sulfonamides is 1. The first kappa shape index (κ1) is 31.2. The van der Waals surface area contributed by atoms with Gasteiger partial charge in [-0.25, -0.2) is 8.42 Å². The standard InChI is InChI=1S/C31H38ClN3O4S/c1-6-24(5)33-31(37)28(7-2)34(20-25-14-12-11-13-22(25)3)30(36)21-35(29-18-17-26(32)19-23(29)4)40(38,39)27-15-9-8-10-16-27/h8-19,24,28H,6-7,20-21H2,1-5H3,(H,33,37)/t24-,28-/m0/s1. The van der Waals surface area contributed by atoms with Gasteiger partial charge in [0, 0.05) is 17.6 Å². The smallest absolute Gasteiger partial charge is 0.264 e. The molecule has 0 saturated heterocycles. The summed E-state index contributed by atoms with van der Waals surface area (Å²) in [6.45, 7) is 9.11. The van der Waals surface area contributed by atoms with Crippen LogP contribution in [-0.2, 0) is 26.2 Å². The third-order valence-electron chi connectivity index (χ3n) is 7.03. The molecule has 1 N–H and O–H groups in total. The predicted molar refractivity (Wildman–Crippen MR) is 161 cm³/mol. The van der Waals surface area contributed by atoms with Crippen molar-refractivity contribution in [2.24, 2.45) is 0 Å². The summed E-state index contributed by atoms with van der Waals surface area (Å²) in [4.78, 5) is 29.1. The maximum atomic E-state index is 14.2. The van der Waals surface area contributed by atoms with E-state index >= 15 is 0 Å². The molecule has 0 aliphatic rings. The average molecular weight is 584 g/mol. The van der Waals surface area contributed by atoms with Gasteiger partial charge in [0.05, 0.1) is 10.6 Å². The average Bonchev–Trinajstić information content (AvgIpc) is 2.93. The molecule has 40 heavy (non-hydrogen) atoms. The van der Waals surface area contributed by atoms with Crippen molar-refractivity contribution < 1.29 is 18.0 Å². The molecule has 0 aliphatic carbocycles. The molecule has 3 aromatic carbocycles. The Kier molecular flexibility index (Phi) is 10.8. The molecule has 7 nitrogen and oxygen atoms in total. The van der Waals surface area contributed by atoms with E-state index in [0.717, 1.165) is 21.9 Å². The molecule has 2 atom stereocenters. The summed E-state index contributed by atoms with van der Waals surface area (Å²) in [6.07, 6.45) is 1.11. The number of nitrogens with one attached hydrogen (secondary N) is 1. The van der Waals surface area contributed by atoms with E-state index in [1.807, 2.05) is 52.0 Å². The van der Waals surface area contributed by atoms with Crippen molar-refractivity contribution in [3.8, 4) is 0 Å². The van der Waals surface area contributed by atoms with Crippen LogP contribution in [0.1, 0.15) is 50.3 Å². The van der Waals surface area contributed by atoms with E-state index in [1.165, 1.54) is 17.0 Å². The van der Waals surface area contributed by atoms with Gasteiger partial charge in [-0.2, -0.15) is 0 Å². The van der Waals surface area contributed by atoms with E-state index in [2.05, 4.69) is 5.32 Å². The molecule has 0 bridgehead atoms. The SMILES string of the molecule is CC[C@H](C)NC(=O)[C@H](CC)N(Cc1ccccc1C)C(=O)CN(c1ccc(Cl)cc1C)S(=O)(=O)c1ccccc1. The zero-order chi connectivity index (χ0) is 29.4. The number of benzene rings is 3. The van der Waals surface area contributed by atoms with Crippen molar-refractivity contribution in [3.63, 3.8) is 0 Å². The monoisotopic (exact) mass is 583 g/mol. The lowest BCUT2D eigenvalue weighted by atomic mass is 10.1. The summed E-state index contributed by atoms with van der Waals surface area (Å²) in [7, 11) is -4.13. The largest absolute Gasteiger partial charge is 0.352 e. The lowest BCUT2D eigenvalue weighted by Crippen LogP contribution is -2.53. The summed E-state index contributed by atoms with van der Waals surface area (Å²) in [5.74, 6) is -0.748. The Morgan fingerprint density at radius 3 is 2.15 bits per heavy atom. The van der Waals surface area contributed by atoms with E-state index < -0.39 is 28.5 Å². The predicted octanol–water partition coefficient (Wildman–Crippen LogP) is 5.87. The number of amides is 2. The molecule has 0 heterocycles. The van der Waals surface area contributed by atoms with Gasteiger partial charge < -0.3 is 10.2 Å². The molecular formula is C31H38ClN3O4S. The maximum Gasteiger partial charge on any atom is 0.264 e. The highest BCUT2D eigenvalue weighted by Crippen LogP contribution is 2.29. The van der Waals surface area contributed by atoms with Gasteiger partial charge in [-0.3, -0.25) is 13.9 Å². The van der Waals surface area contributed by atoms with Gasteiger partial charge in [0.1, 0.15) is 12.6 Å². The summed E-state index contributed by atoms with van der Waals surface area (Å²) in [6, 6.07) is 19.7. The normalized spacial score (nSPS) is 12.8. The van der Waals surface area contributed by atoms with Crippen LogP contribution in [0.25, 0.3) is 0 Å². The number of hydrogen-bond acceptors (Lipinski definition) is 4. The Balaban J connectivity index is 2.09. The van der Waals surface area contributed by atoms with Crippen LogP contribution in [-0.4, -0.2) is 43.8 Å². The van der Waals surface area contributed by atoms with Gasteiger partial charge in [-0.1, -0.05) is 67.9 Å². The molecule has 0 radical (unpaired) electrons. The van der Waals surface area contributed by atoms with Crippen LogP contribution in [0.15, 0.2) is 77.7 Å². The third-order valence-corrected chi connectivity index (χ3v) is 9.04. The van der Waals surface area contributed by atoms with Crippen molar-refractivity contribution in [2.75, 3.05) is 10.8 Å².